The number of aryl methyl sites for hydroxylation is 1. The summed E-state index contributed by atoms with van der Waals surface area (Å²) in [6, 6.07) is 8.34. The topological polar surface area (TPSA) is 89.0 Å². The van der Waals surface area contributed by atoms with Crippen LogP contribution < -0.4 is 10.6 Å². The lowest BCUT2D eigenvalue weighted by Crippen LogP contribution is -2.19. The molecule has 1 unspecified atom stereocenters. The van der Waals surface area contributed by atoms with Crippen molar-refractivity contribution in [3.8, 4) is 0 Å². The van der Waals surface area contributed by atoms with E-state index in [1.807, 2.05) is 18.2 Å². The molecule has 128 valence electrons. The van der Waals surface area contributed by atoms with Gasteiger partial charge in [-0.25, -0.2) is 9.97 Å². The van der Waals surface area contributed by atoms with Crippen molar-refractivity contribution in [3.63, 3.8) is 0 Å². The van der Waals surface area contributed by atoms with Crippen LogP contribution in [0.25, 0.3) is 0 Å². The third-order valence-corrected chi connectivity index (χ3v) is 3.97. The molecular weight excluding hydrogens is 326 g/mol. The SMILES string of the molecule is COSc1ccccc1CCC(C)Nc1ncnc(NC(C)=O)n1. The molecule has 0 spiro atoms. The van der Waals surface area contributed by atoms with Crippen molar-refractivity contribution >= 4 is 29.8 Å². The van der Waals surface area contributed by atoms with Gasteiger partial charge in [-0.3, -0.25) is 10.1 Å². The Morgan fingerprint density at radius 2 is 2.04 bits per heavy atom. The molecule has 8 heteroatoms. The zero-order valence-electron chi connectivity index (χ0n) is 13.9. The summed E-state index contributed by atoms with van der Waals surface area (Å²) in [6.45, 7) is 3.48. The zero-order valence-corrected chi connectivity index (χ0v) is 14.8. The van der Waals surface area contributed by atoms with Gasteiger partial charge in [0.25, 0.3) is 0 Å². The Hall–Kier alpha value is -2.19. The molecule has 1 atom stereocenters. The molecule has 1 aromatic carbocycles. The minimum absolute atomic E-state index is 0.165. The van der Waals surface area contributed by atoms with Crippen LogP contribution in [0.5, 0.6) is 0 Å². The van der Waals surface area contributed by atoms with E-state index < -0.39 is 0 Å². The van der Waals surface area contributed by atoms with Gasteiger partial charge in [0.15, 0.2) is 0 Å². The smallest absolute Gasteiger partial charge is 0.234 e. The summed E-state index contributed by atoms with van der Waals surface area (Å²) >= 11 is 1.37. The number of hydrogen-bond acceptors (Lipinski definition) is 7. The minimum atomic E-state index is -0.215. The Labute approximate surface area is 145 Å². The third-order valence-electron chi connectivity index (χ3n) is 3.23. The van der Waals surface area contributed by atoms with Gasteiger partial charge in [-0.05, 0) is 31.4 Å². The van der Waals surface area contributed by atoms with Gasteiger partial charge in [-0.15, -0.1) is 0 Å². The molecule has 0 saturated heterocycles. The van der Waals surface area contributed by atoms with Gasteiger partial charge in [0, 0.05) is 29.9 Å². The number of carbonyl (C=O) groups is 1. The average Bonchev–Trinajstić information content (AvgIpc) is 2.54. The van der Waals surface area contributed by atoms with E-state index in [1.54, 1.807) is 7.11 Å². The Balaban J connectivity index is 1.92. The van der Waals surface area contributed by atoms with Gasteiger partial charge in [0.05, 0.1) is 7.11 Å². The number of amides is 1. The van der Waals surface area contributed by atoms with Crippen molar-refractivity contribution in [1.29, 1.82) is 0 Å². The number of carbonyl (C=O) groups excluding carboxylic acids is 1. The molecule has 1 aromatic heterocycles. The summed E-state index contributed by atoms with van der Waals surface area (Å²) in [6.07, 6.45) is 3.19. The number of nitrogens with zero attached hydrogens (tertiary/aromatic N) is 3. The highest BCUT2D eigenvalue weighted by molar-refractivity contribution is 7.94. The fourth-order valence-corrected chi connectivity index (χ4v) is 2.72. The highest BCUT2D eigenvalue weighted by Crippen LogP contribution is 2.24. The first kappa shape index (κ1) is 18.2. The predicted octanol–water partition coefficient (Wildman–Crippen LogP) is 2.92. The number of rotatable bonds is 8. The molecule has 0 saturated carbocycles. The first-order chi connectivity index (χ1) is 11.6. The molecule has 1 heterocycles. The molecule has 2 rings (SSSR count). The van der Waals surface area contributed by atoms with Crippen molar-refractivity contribution < 1.29 is 8.98 Å². The summed E-state index contributed by atoms with van der Waals surface area (Å²) in [5.74, 6) is 0.474. The van der Waals surface area contributed by atoms with E-state index in [1.165, 1.54) is 30.9 Å². The monoisotopic (exact) mass is 347 g/mol. The molecule has 2 aromatic rings. The van der Waals surface area contributed by atoms with Gasteiger partial charge in [-0.1, -0.05) is 18.2 Å². The number of hydrogen-bond donors (Lipinski definition) is 2. The molecular formula is C16H21N5O2S. The maximum absolute atomic E-state index is 11.0. The molecule has 2 N–H and O–H groups in total. The molecule has 0 aliphatic heterocycles. The highest BCUT2D eigenvalue weighted by atomic mass is 32.2. The standard InChI is InChI=1S/C16H21N5O2S/c1-11(8-9-13-6-4-5-7-14(13)24-23-3)19-15-17-10-18-16(21-15)20-12(2)22/h4-7,10-11H,8-9H2,1-3H3,(H2,17,18,19,20,21,22). The van der Waals surface area contributed by atoms with Crippen molar-refractivity contribution in [2.75, 3.05) is 17.7 Å². The minimum Gasteiger partial charge on any atom is -0.352 e. The molecule has 0 aliphatic carbocycles. The van der Waals surface area contributed by atoms with E-state index in [-0.39, 0.29) is 17.9 Å². The van der Waals surface area contributed by atoms with E-state index in [0.717, 1.165) is 17.7 Å². The molecule has 1 amide bonds. The Morgan fingerprint density at radius 3 is 2.79 bits per heavy atom. The number of aromatic nitrogens is 3. The summed E-state index contributed by atoms with van der Waals surface area (Å²) in [4.78, 5) is 24.3. The van der Waals surface area contributed by atoms with Crippen LogP contribution in [0.4, 0.5) is 11.9 Å². The Morgan fingerprint density at radius 1 is 1.29 bits per heavy atom. The molecule has 0 fully saturated rings. The second-order valence-corrected chi connectivity index (χ2v) is 6.20. The summed E-state index contributed by atoms with van der Waals surface area (Å²) < 4.78 is 5.16. The van der Waals surface area contributed by atoms with Crippen LogP contribution >= 0.6 is 12.0 Å². The number of benzene rings is 1. The third kappa shape index (κ3) is 5.78. The highest BCUT2D eigenvalue weighted by Gasteiger charge is 2.09. The number of anilines is 2. The lowest BCUT2D eigenvalue weighted by Gasteiger charge is -2.15. The second-order valence-electron chi connectivity index (χ2n) is 5.26. The lowest BCUT2D eigenvalue weighted by molar-refractivity contribution is -0.114. The van der Waals surface area contributed by atoms with Crippen LogP contribution in [0.3, 0.4) is 0 Å². The van der Waals surface area contributed by atoms with E-state index >= 15 is 0 Å². The molecule has 0 radical (unpaired) electrons. The number of nitrogens with one attached hydrogen (secondary N) is 2. The zero-order chi connectivity index (χ0) is 17.4. The van der Waals surface area contributed by atoms with Crippen molar-refractivity contribution in [3.05, 3.63) is 36.2 Å². The first-order valence-corrected chi connectivity index (χ1v) is 8.34. The van der Waals surface area contributed by atoms with Gasteiger partial charge in [0.2, 0.25) is 17.8 Å². The molecule has 0 bridgehead atoms. The quantitative estimate of drug-likeness (QED) is 0.710. The van der Waals surface area contributed by atoms with Gasteiger partial charge < -0.3 is 9.50 Å². The van der Waals surface area contributed by atoms with Crippen molar-refractivity contribution in [1.82, 2.24) is 15.0 Å². The van der Waals surface area contributed by atoms with Gasteiger partial charge >= 0.3 is 0 Å². The maximum atomic E-state index is 11.0. The Bertz CT molecular complexity index is 683. The van der Waals surface area contributed by atoms with Crippen LogP contribution in [-0.2, 0) is 15.4 Å². The largest absolute Gasteiger partial charge is 0.352 e. The fourth-order valence-electron chi connectivity index (χ4n) is 2.13. The van der Waals surface area contributed by atoms with Crippen LogP contribution in [0.2, 0.25) is 0 Å². The first-order valence-electron chi connectivity index (χ1n) is 7.60. The van der Waals surface area contributed by atoms with E-state index in [4.69, 9.17) is 4.18 Å². The van der Waals surface area contributed by atoms with Crippen LogP contribution in [0.15, 0.2) is 35.5 Å². The maximum Gasteiger partial charge on any atom is 0.234 e. The van der Waals surface area contributed by atoms with Crippen molar-refractivity contribution in [2.45, 2.75) is 37.6 Å². The summed E-state index contributed by atoms with van der Waals surface area (Å²) in [7, 11) is 1.67. The van der Waals surface area contributed by atoms with Gasteiger partial charge in [-0.2, -0.15) is 4.98 Å². The van der Waals surface area contributed by atoms with Crippen LogP contribution in [0.1, 0.15) is 25.8 Å². The van der Waals surface area contributed by atoms with E-state index in [0.29, 0.717) is 5.95 Å². The van der Waals surface area contributed by atoms with Gasteiger partial charge in [0.1, 0.15) is 6.33 Å². The van der Waals surface area contributed by atoms with E-state index in [9.17, 15) is 4.79 Å². The summed E-state index contributed by atoms with van der Waals surface area (Å²) in [5, 5.41) is 5.77. The predicted molar refractivity (Wildman–Crippen MR) is 94.8 cm³/mol. The average molecular weight is 347 g/mol. The van der Waals surface area contributed by atoms with E-state index in [2.05, 4.69) is 38.6 Å². The second kappa shape index (κ2) is 9.19. The van der Waals surface area contributed by atoms with Crippen LogP contribution in [-0.4, -0.2) is 34.0 Å². The normalized spacial score (nSPS) is 11.8. The fraction of sp³-hybridized carbons (Fsp3) is 0.375. The Kier molecular flexibility index (Phi) is 6.95. The van der Waals surface area contributed by atoms with Crippen LogP contribution in [0, 0.1) is 0 Å². The summed E-state index contributed by atoms with van der Waals surface area (Å²) in [5.41, 5.74) is 1.24. The molecule has 24 heavy (non-hydrogen) atoms. The molecule has 7 nitrogen and oxygen atoms in total. The molecule has 0 aliphatic rings. The lowest BCUT2D eigenvalue weighted by atomic mass is 10.1. The van der Waals surface area contributed by atoms with Crippen molar-refractivity contribution in [2.24, 2.45) is 0 Å².